The van der Waals surface area contributed by atoms with Gasteiger partial charge in [-0.25, -0.2) is 0 Å². The number of ether oxygens (including phenoxy) is 1. The molecule has 2 N–H and O–H groups in total. The zero-order valence-corrected chi connectivity index (χ0v) is 12.2. The van der Waals surface area contributed by atoms with Crippen LogP contribution in [0.5, 0.6) is 0 Å². The van der Waals surface area contributed by atoms with Crippen molar-refractivity contribution in [1.82, 2.24) is 4.90 Å². The second-order valence-corrected chi connectivity index (χ2v) is 6.26. The monoisotopic (exact) mass is 254 g/mol. The van der Waals surface area contributed by atoms with Gasteiger partial charge in [0.15, 0.2) is 0 Å². The molecular weight excluding hydrogens is 224 g/mol. The van der Waals surface area contributed by atoms with E-state index in [-0.39, 0.29) is 5.54 Å². The van der Waals surface area contributed by atoms with Crippen molar-refractivity contribution in [3.8, 4) is 0 Å². The Hall–Kier alpha value is -0.120. The Morgan fingerprint density at radius 1 is 1.33 bits per heavy atom. The second-order valence-electron chi connectivity index (χ2n) is 6.26. The summed E-state index contributed by atoms with van der Waals surface area (Å²) in [6, 6.07) is 0. The number of hydrogen-bond donors (Lipinski definition) is 1. The van der Waals surface area contributed by atoms with Gasteiger partial charge < -0.3 is 10.5 Å². The summed E-state index contributed by atoms with van der Waals surface area (Å²) >= 11 is 0. The molecule has 18 heavy (non-hydrogen) atoms. The maximum atomic E-state index is 6.15. The van der Waals surface area contributed by atoms with Crippen molar-refractivity contribution in [2.45, 2.75) is 64.0 Å². The van der Waals surface area contributed by atoms with Gasteiger partial charge >= 0.3 is 0 Å². The van der Waals surface area contributed by atoms with Crippen LogP contribution >= 0.6 is 0 Å². The molecule has 2 rings (SSSR count). The fraction of sp³-hybridized carbons (Fsp3) is 1.00. The molecule has 3 atom stereocenters. The van der Waals surface area contributed by atoms with E-state index in [0.717, 1.165) is 31.9 Å². The van der Waals surface area contributed by atoms with Crippen molar-refractivity contribution in [2.75, 3.05) is 26.2 Å². The Labute approximate surface area is 112 Å². The fourth-order valence-electron chi connectivity index (χ4n) is 3.80. The molecule has 0 saturated carbocycles. The van der Waals surface area contributed by atoms with Gasteiger partial charge in [-0.05, 0) is 58.0 Å². The third-order valence-electron chi connectivity index (χ3n) is 5.11. The molecule has 106 valence electrons. The van der Waals surface area contributed by atoms with Crippen LogP contribution in [0.4, 0.5) is 0 Å². The number of likely N-dealkylation sites (tertiary alicyclic amines) is 1. The van der Waals surface area contributed by atoms with Crippen LogP contribution < -0.4 is 5.73 Å². The number of nitrogens with two attached hydrogens (primary N) is 1. The summed E-state index contributed by atoms with van der Waals surface area (Å²) in [7, 11) is 0. The highest BCUT2D eigenvalue weighted by Crippen LogP contribution is 2.33. The number of hydrogen-bond acceptors (Lipinski definition) is 3. The highest BCUT2D eigenvalue weighted by molar-refractivity contribution is 4.96. The molecule has 2 saturated heterocycles. The molecule has 3 nitrogen and oxygen atoms in total. The molecule has 0 aliphatic carbocycles. The van der Waals surface area contributed by atoms with Crippen molar-refractivity contribution < 1.29 is 4.74 Å². The largest absolute Gasteiger partial charge is 0.378 e. The third kappa shape index (κ3) is 3.06. The summed E-state index contributed by atoms with van der Waals surface area (Å²) in [6.45, 7) is 8.66. The Bertz CT molecular complexity index is 259. The van der Waals surface area contributed by atoms with Gasteiger partial charge in [0.1, 0.15) is 0 Å². The summed E-state index contributed by atoms with van der Waals surface area (Å²) in [5, 5.41) is 0. The average molecular weight is 254 g/mol. The predicted octanol–water partition coefficient (Wildman–Crippen LogP) is 2.39. The van der Waals surface area contributed by atoms with Crippen molar-refractivity contribution >= 4 is 0 Å². The third-order valence-corrected chi connectivity index (χ3v) is 5.11. The van der Waals surface area contributed by atoms with E-state index in [1.54, 1.807) is 0 Å². The Morgan fingerprint density at radius 3 is 2.83 bits per heavy atom. The van der Waals surface area contributed by atoms with Crippen LogP contribution in [0.1, 0.15) is 52.4 Å². The molecule has 3 heteroatoms. The Kier molecular flexibility index (Phi) is 5.05. The molecule has 0 aromatic heterocycles. The van der Waals surface area contributed by atoms with E-state index in [0.29, 0.717) is 6.10 Å². The first-order valence-corrected chi connectivity index (χ1v) is 7.77. The van der Waals surface area contributed by atoms with Crippen LogP contribution in [0.25, 0.3) is 0 Å². The lowest BCUT2D eigenvalue weighted by Crippen LogP contribution is -2.58. The second kappa shape index (κ2) is 6.36. The smallest absolute Gasteiger partial charge is 0.0565 e. The average Bonchev–Trinajstić information content (AvgIpc) is 2.64. The maximum Gasteiger partial charge on any atom is 0.0565 e. The van der Waals surface area contributed by atoms with Gasteiger partial charge in [-0.2, -0.15) is 0 Å². The number of nitrogens with zero attached hydrogens (tertiary/aromatic N) is 1. The van der Waals surface area contributed by atoms with E-state index >= 15 is 0 Å². The van der Waals surface area contributed by atoms with Crippen LogP contribution in [0.3, 0.4) is 0 Å². The SMILES string of the molecule is CCC1CCCN(C2(CN)CCOC(C)C2)CC1. The van der Waals surface area contributed by atoms with Crippen LogP contribution in [-0.2, 0) is 4.74 Å². The number of rotatable bonds is 3. The van der Waals surface area contributed by atoms with E-state index < -0.39 is 0 Å². The highest BCUT2D eigenvalue weighted by Gasteiger charge is 2.40. The lowest BCUT2D eigenvalue weighted by molar-refractivity contribution is -0.0631. The molecule has 0 amide bonds. The minimum atomic E-state index is 0.223. The molecule has 0 aromatic carbocycles. The minimum absolute atomic E-state index is 0.223. The Morgan fingerprint density at radius 2 is 2.17 bits per heavy atom. The van der Waals surface area contributed by atoms with Crippen LogP contribution in [0, 0.1) is 5.92 Å². The summed E-state index contributed by atoms with van der Waals surface area (Å²) in [6.07, 6.45) is 8.03. The van der Waals surface area contributed by atoms with Crippen LogP contribution in [-0.4, -0.2) is 42.8 Å². The van der Waals surface area contributed by atoms with E-state index in [1.807, 2.05) is 0 Å². The first kappa shape index (κ1) is 14.3. The van der Waals surface area contributed by atoms with Gasteiger partial charge in [0.05, 0.1) is 6.10 Å². The van der Waals surface area contributed by atoms with E-state index in [1.165, 1.54) is 38.8 Å². The zero-order chi connectivity index (χ0) is 13.0. The first-order chi connectivity index (χ1) is 8.70. The molecule has 2 aliphatic rings. The normalized spacial score (nSPS) is 39.5. The van der Waals surface area contributed by atoms with E-state index in [4.69, 9.17) is 10.5 Å². The summed E-state index contributed by atoms with van der Waals surface area (Å²) in [4.78, 5) is 2.70. The summed E-state index contributed by atoms with van der Waals surface area (Å²) in [5.41, 5.74) is 6.37. The van der Waals surface area contributed by atoms with Gasteiger partial charge in [0.25, 0.3) is 0 Å². The minimum Gasteiger partial charge on any atom is -0.378 e. The molecule has 2 fully saturated rings. The van der Waals surface area contributed by atoms with Gasteiger partial charge in [0.2, 0.25) is 0 Å². The van der Waals surface area contributed by atoms with Gasteiger partial charge in [-0.15, -0.1) is 0 Å². The van der Waals surface area contributed by atoms with Gasteiger partial charge in [-0.3, -0.25) is 4.90 Å². The van der Waals surface area contributed by atoms with Gasteiger partial charge in [0, 0.05) is 18.7 Å². The van der Waals surface area contributed by atoms with Crippen molar-refractivity contribution in [3.63, 3.8) is 0 Å². The first-order valence-electron chi connectivity index (χ1n) is 7.77. The lowest BCUT2D eigenvalue weighted by Gasteiger charge is -2.47. The topological polar surface area (TPSA) is 38.5 Å². The molecule has 0 radical (unpaired) electrons. The molecule has 0 bridgehead atoms. The van der Waals surface area contributed by atoms with E-state index in [9.17, 15) is 0 Å². The maximum absolute atomic E-state index is 6.15. The molecule has 3 unspecified atom stereocenters. The fourth-order valence-corrected chi connectivity index (χ4v) is 3.80. The quantitative estimate of drug-likeness (QED) is 0.840. The molecule has 0 spiro atoms. The summed E-state index contributed by atoms with van der Waals surface area (Å²) < 4.78 is 5.72. The zero-order valence-electron chi connectivity index (χ0n) is 12.2. The molecule has 2 heterocycles. The molecule has 0 aromatic rings. The standard InChI is InChI=1S/C15H30N2O/c1-3-14-5-4-8-17(9-6-14)15(12-16)7-10-18-13(2)11-15/h13-14H,3-12,16H2,1-2H3. The summed E-state index contributed by atoms with van der Waals surface area (Å²) in [5.74, 6) is 0.932. The van der Waals surface area contributed by atoms with Gasteiger partial charge in [-0.1, -0.05) is 13.3 Å². The molecule has 2 aliphatic heterocycles. The van der Waals surface area contributed by atoms with Crippen molar-refractivity contribution in [1.29, 1.82) is 0 Å². The molecular formula is C15H30N2O. The van der Waals surface area contributed by atoms with Crippen molar-refractivity contribution in [3.05, 3.63) is 0 Å². The highest BCUT2D eigenvalue weighted by atomic mass is 16.5. The van der Waals surface area contributed by atoms with Crippen LogP contribution in [0.2, 0.25) is 0 Å². The van der Waals surface area contributed by atoms with Crippen molar-refractivity contribution in [2.24, 2.45) is 11.7 Å². The Balaban J connectivity index is 2.02. The van der Waals surface area contributed by atoms with Crippen LogP contribution in [0.15, 0.2) is 0 Å². The van der Waals surface area contributed by atoms with E-state index in [2.05, 4.69) is 18.7 Å². The predicted molar refractivity (Wildman–Crippen MR) is 75.6 cm³/mol. The lowest BCUT2D eigenvalue weighted by atomic mass is 9.85.